The molecule has 0 aliphatic heterocycles. The van der Waals surface area contributed by atoms with Crippen LogP contribution in [0.3, 0.4) is 0 Å². The molecular formula is H2Bi2Cl3I. The Hall–Kier alpha value is 3.37. The Morgan fingerprint density at radius 1 is 1.17 bits per heavy atom. The van der Waals surface area contributed by atoms with Gasteiger partial charge in [-0.15, -0.1) is 0 Å². The molecule has 0 rings (SSSR count). The molecule has 0 nitrogen and oxygen atoms in total. The van der Waals surface area contributed by atoms with Gasteiger partial charge in [0.15, 0.2) is 0 Å². The molecule has 0 fully saturated rings. The van der Waals surface area contributed by atoms with Crippen molar-refractivity contribution in [3.05, 3.63) is 0 Å². The third kappa shape index (κ3) is 26.3. The molecule has 0 bridgehead atoms. The molecule has 0 N–H and O–H groups in total. The van der Waals surface area contributed by atoms with Crippen LogP contribution in [0.2, 0.25) is 0 Å². The van der Waals surface area contributed by atoms with Crippen molar-refractivity contribution in [2.45, 2.75) is 0 Å². The van der Waals surface area contributed by atoms with Crippen LogP contribution in [-0.2, 0) is 0 Å². The summed E-state index contributed by atoms with van der Waals surface area (Å²) in [5.74, 6) is 0. The second kappa shape index (κ2) is 11.2. The van der Waals surface area contributed by atoms with Gasteiger partial charge >= 0.3 is 82.3 Å². The van der Waals surface area contributed by atoms with Gasteiger partial charge < -0.3 is 0 Å². The first-order valence-electron chi connectivity index (χ1n) is 0.725. The molecule has 0 aromatic carbocycles. The first kappa shape index (κ1) is 12.1. The fraction of sp³-hybridized carbons (Fsp3) is 0. The Morgan fingerprint density at radius 2 is 1.17 bits per heavy atom. The molecule has 0 aliphatic rings. The first-order chi connectivity index (χ1) is 2.73. The van der Waals surface area contributed by atoms with Gasteiger partial charge in [-0.05, 0) is 0 Å². The van der Waals surface area contributed by atoms with Crippen molar-refractivity contribution >= 4 is 82.3 Å². The summed E-state index contributed by atoms with van der Waals surface area (Å²) in [5, 5.41) is 0. The molecule has 0 aromatic rings. The van der Waals surface area contributed by atoms with Crippen molar-refractivity contribution < 1.29 is 0 Å². The van der Waals surface area contributed by atoms with Crippen LogP contribution in [0.1, 0.15) is 0 Å². The van der Waals surface area contributed by atoms with Gasteiger partial charge in [0, 0.05) is 0 Å². The predicted octanol–water partition coefficient (Wildman–Crippen LogP) is 1.66. The normalized spacial score (nSPS) is 7.00. The molecule has 0 amide bonds. The van der Waals surface area contributed by atoms with Crippen LogP contribution in [-0.4, -0.2) is 38.7 Å². The molecular weight excluding hydrogens is 651 g/mol. The summed E-state index contributed by atoms with van der Waals surface area (Å²) in [6, 6.07) is 0. The molecule has 0 spiro atoms. The van der Waals surface area contributed by atoms with Crippen LogP contribution in [0, 0.1) is 0 Å². The number of hydrogen-bond acceptors (Lipinski definition) is 0. The van der Waals surface area contributed by atoms with E-state index in [1.54, 1.807) is 0 Å². The molecule has 40 valence electrons. The zero-order valence-electron chi connectivity index (χ0n) is 2.54. The van der Waals surface area contributed by atoms with Crippen LogP contribution >= 0.6 is 43.6 Å². The van der Waals surface area contributed by atoms with E-state index in [9.17, 15) is 0 Å². The van der Waals surface area contributed by atoms with E-state index in [0.717, 1.165) is 20.5 Å². The van der Waals surface area contributed by atoms with E-state index in [2.05, 4.69) is 18.0 Å². The Kier molecular flexibility index (Phi) is 22.6. The zero-order chi connectivity index (χ0) is 5.58. The van der Waals surface area contributed by atoms with Gasteiger partial charge in [-0.1, -0.05) is 0 Å². The standard InChI is InChI=1S/2Bi.3ClH.HI.2H/h;;4*1H;;/q+1;+3;;;;;;/p-4. The Morgan fingerprint density at radius 3 is 1.17 bits per heavy atom. The molecule has 0 aromatic heterocycles. The predicted molar refractivity (Wildman–Crippen MR) is 45.9 cm³/mol. The van der Waals surface area contributed by atoms with Crippen molar-refractivity contribution in [1.82, 2.24) is 0 Å². The van der Waals surface area contributed by atoms with Crippen LogP contribution < -0.4 is 0 Å². The van der Waals surface area contributed by atoms with Crippen LogP contribution in [0.15, 0.2) is 0 Å². The van der Waals surface area contributed by atoms with Crippen LogP contribution in [0.25, 0.3) is 0 Å². The molecule has 0 heterocycles. The third-order valence-corrected chi connectivity index (χ3v) is 0. The fourth-order valence-electron chi connectivity index (χ4n) is 0. The Balaban J connectivity index is 0. The summed E-state index contributed by atoms with van der Waals surface area (Å²) in [7, 11) is 15.0. The third-order valence-electron chi connectivity index (χ3n) is 0. The molecule has 0 radical (unpaired) electrons. The average molecular weight is 653 g/mol. The van der Waals surface area contributed by atoms with E-state index >= 15 is 0 Å². The van der Waals surface area contributed by atoms with Crippen LogP contribution in [0.4, 0.5) is 0 Å². The molecule has 0 aliphatic carbocycles. The topological polar surface area (TPSA) is 0 Å². The van der Waals surface area contributed by atoms with Crippen LogP contribution in [0.5, 0.6) is 0 Å². The fourth-order valence-corrected chi connectivity index (χ4v) is 0. The number of halogens is 4. The minimum absolute atomic E-state index is 1.14. The van der Waals surface area contributed by atoms with Gasteiger partial charge in [-0.25, -0.2) is 0 Å². The minimum atomic E-state index is -2.18. The zero-order valence-corrected chi connectivity index (χ0v) is 14.9. The van der Waals surface area contributed by atoms with Gasteiger partial charge in [0.25, 0.3) is 0 Å². The summed E-state index contributed by atoms with van der Waals surface area (Å²) in [6.45, 7) is 0. The summed E-state index contributed by atoms with van der Waals surface area (Å²) in [4.78, 5) is 0. The summed E-state index contributed by atoms with van der Waals surface area (Å²) in [5.41, 5.74) is 0. The second-order valence-corrected chi connectivity index (χ2v) is 15.1. The van der Waals surface area contributed by atoms with Gasteiger partial charge in [0.05, 0.1) is 0 Å². The summed E-state index contributed by atoms with van der Waals surface area (Å²) >= 11 is 1.28. The number of hydrogen-bond donors (Lipinski definition) is 0. The molecule has 0 saturated carbocycles. The maximum absolute atomic E-state index is 5.01. The maximum atomic E-state index is 5.01. The van der Waals surface area contributed by atoms with Crippen molar-refractivity contribution in [3.63, 3.8) is 0 Å². The molecule has 0 saturated heterocycles. The van der Waals surface area contributed by atoms with Crippen molar-refractivity contribution in [1.29, 1.82) is 0 Å². The van der Waals surface area contributed by atoms with Gasteiger partial charge in [-0.2, -0.15) is 0 Å². The Bertz CT molecular complexity index is 13.5. The monoisotopic (exact) mass is 652 g/mol. The molecule has 0 atom stereocenters. The van der Waals surface area contributed by atoms with Crippen molar-refractivity contribution in [3.8, 4) is 0 Å². The van der Waals surface area contributed by atoms with E-state index in [-0.39, 0.29) is 0 Å². The summed E-state index contributed by atoms with van der Waals surface area (Å²) < 4.78 is 0. The quantitative estimate of drug-likeness (QED) is 0.276. The van der Waals surface area contributed by atoms with Crippen molar-refractivity contribution in [2.24, 2.45) is 0 Å². The second-order valence-electron chi connectivity index (χ2n) is 0.192. The molecule has 6 heavy (non-hydrogen) atoms. The van der Waals surface area contributed by atoms with E-state index in [0.29, 0.717) is 0 Å². The summed E-state index contributed by atoms with van der Waals surface area (Å²) in [6.07, 6.45) is 0. The van der Waals surface area contributed by atoms with E-state index in [1.165, 1.54) is 0 Å². The first-order valence-corrected chi connectivity index (χ1v) is 26.2. The molecule has 0 unspecified atom stereocenters. The number of rotatable bonds is 0. The van der Waals surface area contributed by atoms with Crippen molar-refractivity contribution in [2.75, 3.05) is 0 Å². The molecule has 6 heteroatoms. The Labute approximate surface area is 80.1 Å². The van der Waals surface area contributed by atoms with E-state index < -0.39 is 18.2 Å². The van der Waals surface area contributed by atoms with Gasteiger partial charge in [-0.3, -0.25) is 0 Å². The van der Waals surface area contributed by atoms with E-state index in [1.807, 2.05) is 0 Å². The van der Waals surface area contributed by atoms with E-state index in [4.69, 9.17) is 25.5 Å². The SMILES string of the molecule is [Cl][Bi]([Cl])[Cl].[I][BiH2]. The van der Waals surface area contributed by atoms with Gasteiger partial charge in [0.2, 0.25) is 0 Å². The van der Waals surface area contributed by atoms with Gasteiger partial charge in [0.1, 0.15) is 0 Å². The average Bonchev–Trinajstić information content (AvgIpc) is 1.41.